The number of carbonyl (C=O) groups excluding carboxylic acids is 1. The van der Waals surface area contributed by atoms with E-state index >= 15 is 0 Å². The number of rotatable bonds is 8. The van der Waals surface area contributed by atoms with Gasteiger partial charge in [0.05, 0.1) is 18.6 Å². The van der Waals surface area contributed by atoms with Crippen molar-refractivity contribution >= 4 is 27.4 Å². The maximum Gasteiger partial charge on any atom is 0.311 e. The summed E-state index contributed by atoms with van der Waals surface area (Å²) in [5, 5.41) is 0.987. The van der Waals surface area contributed by atoms with Gasteiger partial charge in [-0.1, -0.05) is 23.5 Å². The highest BCUT2D eigenvalue weighted by Crippen LogP contribution is 2.26. The van der Waals surface area contributed by atoms with E-state index in [9.17, 15) is 9.59 Å². The molecule has 0 unspecified atom stereocenters. The van der Waals surface area contributed by atoms with Crippen LogP contribution in [0.15, 0.2) is 35.1 Å². The summed E-state index contributed by atoms with van der Waals surface area (Å²) >= 11 is 1.24. The molecule has 0 aliphatic heterocycles. The molecule has 2 rings (SSSR count). The van der Waals surface area contributed by atoms with Crippen LogP contribution in [0.3, 0.4) is 0 Å². The Bertz CT molecular complexity index is 758. The lowest BCUT2D eigenvalue weighted by molar-refractivity contribution is -0.153. The second-order valence-electron chi connectivity index (χ2n) is 7.07. The van der Waals surface area contributed by atoms with E-state index in [1.165, 1.54) is 11.3 Å². The second kappa shape index (κ2) is 8.99. The molecule has 0 aliphatic rings. The first kappa shape index (κ1) is 19.4. The van der Waals surface area contributed by atoms with Crippen molar-refractivity contribution in [2.75, 3.05) is 13.2 Å². The van der Waals surface area contributed by atoms with Gasteiger partial charge in [-0.25, -0.2) is 0 Å². The molecule has 0 amide bonds. The van der Waals surface area contributed by atoms with Crippen LogP contribution in [-0.4, -0.2) is 19.2 Å². The fourth-order valence-electron chi connectivity index (χ4n) is 2.32. The van der Waals surface area contributed by atoms with E-state index in [2.05, 4.69) is 0 Å². The van der Waals surface area contributed by atoms with Crippen molar-refractivity contribution < 1.29 is 14.3 Å². The van der Waals surface area contributed by atoms with Crippen LogP contribution in [0, 0.1) is 5.41 Å². The molecule has 0 bridgehead atoms. The van der Waals surface area contributed by atoms with Crippen LogP contribution in [0.2, 0.25) is 0 Å². The summed E-state index contributed by atoms with van der Waals surface area (Å²) in [7, 11) is 0. The molecular weight excluding hydrogens is 336 g/mol. The third kappa shape index (κ3) is 6.16. The molecule has 1 aromatic heterocycles. The van der Waals surface area contributed by atoms with E-state index in [0.29, 0.717) is 19.0 Å². The van der Waals surface area contributed by atoms with Crippen molar-refractivity contribution in [2.45, 2.75) is 46.5 Å². The molecule has 0 fully saturated rings. The number of unbranched alkanes of at least 4 members (excludes halogenated alkanes) is 3. The number of fused-ring (bicyclic) bond motifs is 1. The van der Waals surface area contributed by atoms with Gasteiger partial charge in [0.2, 0.25) is 4.74 Å². The SMILES string of the molecule is CC(C)(C)C(=O)OCCCCCCOc1cc(=O)sc2ccccc12. The zero-order valence-electron chi connectivity index (χ0n) is 15.2. The normalized spacial score (nSPS) is 11.5. The molecule has 136 valence electrons. The Balaban J connectivity index is 1.67. The van der Waals surface area contributed by atoms with Gasteiger partial charge >= 0.3 is 5.97 Å². The fraction of sp³-hybridized carbons (Fsp3) is 0.500. The predicted octanol–water partition coefficient (Wildman–Crippen LogP) is 4.79. The van der Waals surface area contributed by atoms with Crippen LogP contribution in [-0.2, 0) is 9.53 Å². The van der Waals surface area contributed by atoms with E-state index in [-0.39, 0.29) is 10.7 Å². The summed E-state index contributed by atoms with van der Waals surface area (Å²) in [6.45, 7) is 6.62. The number of ether oxygens (including phenoxy) is 2. The minimum absolute atomic E-state index is 0.00867. The molecule has 0 spiro atoms. The van der Waals surface area contributed by atoms with Gasteiger partial charge in [-0.2, -0.15) is 0 Å². The zero-order chi connectivity index (χ0) is 18.3. The van der Waals surface area contributed by atoms with Crippen molar-refractivity contribution in [1.82, 2.24) is 0 Å². The van der Waals surface area contributed by atoms with Crippen LogP contribution >= 0.6 is 11.3 Å². The Morgan fingerprint density at radius 3 is 2.44 bits per heavy atom. The fourth-order valence-corrected chi connectivity index (χ4v) is 3.13. The standard InChI is InChI=1S/C20H26O4S/c1-20(2,3)19(22)24-13-9-5-4-8-12-23-16-14-18(21)25-17-11-7-6-10-15(16)17/h6-7,10-11,14H,4-5,8-9,12-13H2,1-3H3. The van der Waals surface area contributed by atoms with E-state index in [0.717, 1.165) is 35.8 Å². The molecular formula is C20H26O4S. The molecule has 2 aromatic rings. The smallest absolute Gasteiger partial charge is 0.311 e. The Morgan fingerprint density at radius 1 is 1.04 bits per heavy atom. The van der Waals surface area contributed by atoms with Crippen molar-refractivity contribution in [3.8, 4) is 5.75 Å². The Morgan fingerprint density at radius 2 is 1.72 bits per heavy atom. The maximum absolute atomic E-state index is 11.7. The molecule has 0 N–H and O–H groups in total. The van der Waals surface area contributed by atoms with Crippen molar-refractivity contribution in [3.05, 3.63) is 39.9 Å². The van der Waals surface area contributed by atoms with Gasteiger partial charge in [-0.05, 0) is 58.6 Å². The number of hydrogen-bond donors (Lipinski definition) is 0. The molecule has 5 heteroatoms. The lowest BCUT2D eigenvalue weighted by Gasteiger charge is -2.16. The van der Waals surface area contributed by atoms with Crippen molar-refractivity contribution in [1.29, 1.82) is 0 Å². The number of benzene rings is 1. The molecule has 0 atom stereocenters. The highest BCUT2D eigenvalue weighted by molar-refractivity contribution is 7.16. The molecule has 0 saturated heterocycles. The first-order valence-corrected chi connectivity index (χ1v) is 9.52. The van der Waals surface area contributed by atoms with Gasteiger partial charge in [0.1, 0.15) is 5.75 Å². The highest BCUT2D eigenvalue weighted by Gasteiger charge is 2.22. The monoisotopic (exact) mass is 362 g/mol. The minimum atomic E-state index is -0.437. The van der Waals surface area contributed by atoms with Crippen LogP contribution in [0.4, 0.5) is 0 Å². The lowest BCUT2D eigenvalue weighted by Crippen LogP contribution is -2.23. The first-order chi connectivity index (χ1) is 11.9. The zero-order valence-corrected chi connectivity index (χ0v) is 16.0. The minimum Gasteiger partial charge on any atom is -0.493 e. The predicted molar refractivity (Wildman–Crippen MR) is 102 cm³/mol. The topological polar surface area (TPSA) is 52.6 Å². The Hall–Kier alpha value is -1.88. The third-order valence-electron chi connectivity index (χ3n) is 3.75. The summed E-state index contributed by atoms with van der Waals surface area (Å²) in [6, 6.07) is 9.36. The van der Waals surface area contributed by atoms with Crippen molar-refractivity contribution in [2.24, 2.45) is 5.41 Å². The molecule has 0 aliphatic carbocycles. The van der Waals surface area contributed by atoms with Gasteiger partial charge in [0.15, 0.2) is 0 Å². The van der Waals surface area contributed by atoms with Crippen LogP contribution in [0.25, 0.3) is 10.1 Å². The Labute approximate surface area is 152 Å². The molecule has 1 aromatic carbocycles. The number of esters is 1. The summed E-state index contributed by atoms with van der Waals surface area (Å²) in [6.07, 6.45) is 3.77. The highest BCUT2D eigenvalue weighted by atomic mass is 32.1. The quantitative estimate of drug-likeness (QED) is 0.500. The summed E-state index contributed by atoms with van der Waals surface area (Å²) < 4.78 is 12.0. The van der Waals surface area contributed by atoms with Gasteiger partial charge in [0, 0.05) is 16.2 Å². The van der Waals surface area contributed by atoms with Gasteiger partial charge in [-0.3, -0.25) is 9.59 Å². The average Bonchev–Trinajstić information content (AvgIpc) is 2.55. The molecule has 0 radical (unpaired) electrons. The molecule has 25 heavy (non-hydrogen) atoms. The molecule has 4 nitrogen and oxygen atoms in total. The number of carbonyl (C=O) groups is 1. The van der Waals surface area contributed by atoms with E-state index in [1.54, 1.807) is 6.07 Å². The first-order valence-electron chi connectivity index (χ1n) is 8.71. The summed E-state index contributed by atoms with van der Waals surface area (Å²) in [5.41, 5.74) is -0.437. The maximum atomic E-state index is 11.7. The van der Waals surface area contributed by atoms with Gasteiger partial charge in [0.25, 0.3) is 0 Å². The molecule has 0 saturated carbocycles. The van der Waals surface area contributed by atoms with Gasteiger partial charge < -0.3 is 9.47 Å². The summed E-state index contributed by atoms with van der Waals surface area (Å²) in [5.74, 6) is 0.514. The largest absolute Gasteiger partial charge is 0.493 e. The number of hydrogen-bond acceptors (Lipinski definition) is 5. The van der Waals surface area contributed by atoms with Crippen LogP contribution < -0.4 is 9.48 Å². The molecule has 1 heterocycles. The summed E-state index contributed by atoms with van der Waals surface area (Å²) in [4.78, 5) is 23.4. The van der Waals surface area contributed by atoms with Crippen LogP contribution in [0.5, 0.6) is 5.75 Å². The Kier molecular flexibility index (Phi) is 7.00. The average molecular weight is 362 g/mol. The van der Waals surface area contributed by atoms with Crippen molar-refractivity contribution in [3.63, 3.8) is 0 Å². The van der Waals surface area contributed by atoms with E-state index < -0.39 is 5.41 Å². The van der Waals surface area contributed by atoms with Gasteiger partial charge in [-0.15, -0.1) is 0 Å². The van der Waals surface area contributed by atoms with E-state index in [4.69, 9.17) is 9.47 Å². The second-order valence-corrected chi connectivity index (χ2v) is 8.12. The third-order valence-corrected chi connectivity index (χ3v) is 4.65. The lowest BCUT2D eigenvalue weighted by atomic mass is 9.97. The van der Waals surface area contributed by atoms with Crippen LogP contribution in [0.1, 0.15) is 46.5 Å². The van der Waals surface area contributed by atoms with E-state index in [1.807, 2.05) is 45.0 Å².